The molecule has 0 spiro atoms. The number of halogens is 2. The maximum Gasteiger partial charge on any atom is 0.166 e. The van der Waals surface area contributed by atoms with Crippen LogP contribution >= 0.6 is 23.2 Å². The molecule has 1 heterocycles. The van der Waals surface area contributed by atoms with E-state index in [1.165, 1.54) is 6.33 Å². The summed E-state index contributed by atoms with van der Waals surface area (Å²) in [5.41, 5.74) is 1.78. The lowest BCUT2D eigenvalue weighted by Crippen LogP contribution is -1.82. The molecule has 0 bridgehead atoms. The molecular formula is C10H5Cl2N3. The van der Waals surface area contributed by atoms with Crippen LogP contribution < -0.4 is 0 Å². The number of imidazole rings is 1. The molecular weight excluding hydrogens is 233 g/mol. The molecule has 5 heteroatoms. The van der Waals surface area contributed by atoms with Crippen molar-refractivity contribution >= 4 is 23.2 Å². The van der Waals surface area contributed by atoms with E-state index in [4.69, 9.17) is 28.5 Å². The van der Waals surface area contributed by atoms with E-state index in [9.17, 15) is 0 Å². The normalized spacial score (nSPS) is 9.93. The molecule has 1 aromatic carbocycles. The number of benzene rings is 1. The van der Waals surface area contributed by atoms with E-state index >= 15 is 0 Å². The van der Waals surface area contributed by atoms with Crippen LogP contribution in [0.5, 0.6) is 0 Å². The van der Waals surface area contributed by atoms with Gasteiger partial charge < -0.3 is 4.98 Å². The topological polar surface area (TPSA) is 52.5 Å². The van der Waals surface area contributed by atoms with E-state index < -0.39 is 0 Å². The number of nitrogens with zero attached hydrogens (tertiary/aromatic N) is 2. The summed E-state index contributed by atoms with van der Waals surface area (Å²) in [6.07, 6.45) is 1.47. The fourth-order valence-electron chi connectivity index (χ4n) is 1.25. The second-order valence-corrected chi connectivity index (χ2v) is 3.68. The number of aromatic nitrogens is 2. The molecule has 0 aliphatic rings. The highest BCUT2D eigenvalue weighted by atomic mass is 35.5. The van der Waals surface area contributed by atoms with Crippen molar-refractivity contribution in [3.8, 4) is 17.3 Å². The molecule has 0 radical (unpaired) electrons. The molecule has 0 atom stereocenters. The van der Waals surface area contributed by atoms with Crippen LogP contribution in [0.3, 0.4) is 0 Å². The Morgan fingerprint density at radius 2 is 2.07 bits per heavy atom. The van der Waals surface area contributed by atoms with Gasteiger partial charge in [-0.1, -0.05) is 29.3 Å². The smallest absolute Gasteiger partial charge is 0.166 e. The second-order valence-electron chi connectivity index (χ2n) is 2.87. The Morgan fingerprint density at radius 3 is 2.73 bits per heavy atom. The third-order valence-electron chi connectivity index (χ3n) is 1.95. The molecule has 0 saturated carbocycles. The van der Waals surface area contributed by atoms with Crippen molar-refractivity contribution in [1.29, 1.82) is 5.26 Å². The summed E-state index contributed by atoms with van der Waals surface area (Å²) in [6.45, 7) is 0. The van der Waals surface area contributed by atoms with Crippen LogP contribution in [0.25, 0.3) is 11.3 Å². The standard InChI is InChI=1S/C10H5Cl2N3/c11-7-2-1-6(3-8(7)12)10-9(4-13)14-5-15-10/h1-3,5H,(H,14,15). The van der Waals surface area contributed by atoms with Gasteiger partial charge in [0.1, 0.15) is 6.07 Å². The summed E-state index contributed by atoms with van der Waals surface area (Å²) in [4.78, 5) is 6.75. The van der Waals surface area contributed by atoms with E-state index in [1.54, 1.807) is 18.2 Å². The predicted octanol–water partition coefficient (Wildman–Crippen LogP) is 3.26. The summed E-state index contributed by atoms with van der Waals surface area (Å²) < 4.78 is 0. The Bertz CT molecular complexity index is 540. The van der Waals surface area contributed by atoms with E-state index in [2.05, 4.69) is 9.97 Å². The molecule has 0 unspecified atom stereocenters. The summed E-state index contributed by atoms with van der Waals surface area (Å²) >= 11 is 11.7. The third kappa shape index (κ3) is 1.82. The number of rotatable bonds is 1. The van der Waals surface area contributed by atoms with Crippen LogP contribution in [0.2, 0.25) is 10.0 Å². The highest BCUT2D eigenvalue weighted by molar-refractivity contribution is 6.42. The largest absolute Gasteiger partial charge is 0.343 e. The van der Waals surface area contributed by atoms with Crippen LogP contribution in [0.4, 0.5) is 0 Å². The molecule has 2 aromatic rings. The lowest BCUT2D eigenvalue weighted by atomic mass is 10.1. The van der Waals surface area contributed by atoms with Gasteiger partial charge in [-0.15, -0.1) is 0 Å². The zero-order valence-corrected chi connectivity index (χ0v) is 8.97. The fourth-order valence-corrected chi connectivity index (χ4v) is 1.55. The van der Waals surface area contributed by atoms with Gasteiger partial charge in [0.15, 0.2) is 5.69 Å². The molecule has 1 N–H and O–H groups in total. The SMILES string of the molecule is N#Cc1nc[nH]c1-c1ccc(Cl)c(Cl)c1. The maximum absolute atomic E-state index is 8.80. The van der Waals surface area contributed by atoms with Gasteiger partial charge in [0.2, 0.25) is 0 Å². The minimum absolute atomic E-state index is 0.341. The molecule has 0 amide bonds. The molecule has 0 saturated heterocycles. The summed E-state index contributed by atoms with van der Waals surface area (Å²) in [5, 5.41) is 9.74. The van der Waals surface area contributed by atoms with Crippen LogP contribution in [-0.2, 0) is 0 Å². The first-order chi connectivity index (χ1) is 7.22. The van der Waals surface area contributed by atoms with E-state index in [1.807, 2.05) is 6.07 Å². The van der Waals surface area contributed by atoms with E-state index in [0.29, 0.717) is 21.4 Å². The van der Waals surface area contributed by atoms with Crippen molar-refractivity contribution in [2.45, 2.75) is 0 Å². The Balaban J connectivity index is 2.56. The van der Waals surface area contributed by atoms with Crippen molar-refractivity contribution in [3.05, 3.63) is 40.3 Å². The summed E-state index contributed by atoms with van der Waals surface area (Å²) in [6, 6.07) is 7.14. The number of aromatic amines is 1. The van der Waals surface area contributed by atoms with E-state index in [-0.39, 0.29) is 0 Å². The molecule has 15 heavy (non-hydrogen) atoms. The number of hydrogen-bond donors (Lipinski definition) is 1. The van der Waals surface area contributed by atoms with Crippen molar-refractivity contribution < 1.29 is 0 Å². The molecule has 0 fully saturated rings. The highest BCUT2D eigenvalue weighted by Gasteiger charge is 2.08. The van der Waals surface area contributed by atoms with Gasteiger partial charge in [-0.3, -0.25) is 0 Å². The number of hydrogen-bond acceptors (Lipinski definition) is 2. The molecule has 1 aromatic heterocycles. The minimum atomic E-state index is 0.341. The monoisotopic (exact) mass is 237 g/mol. The van der Waals surface area contributed by atoms with Crippen molar-refractivity contribution in [2.24, 2.45) is 0 Å². The first kappa shape index (κ1) is 10.0. The van der Waals surface area contributed by atoms with Gasteiger partial charge in [0, 0.05) is 5.56 Å². The average molecular weight is 238 g/mol. The van der Waals surface area contributed by atoms with Crippen molar-refractivity contribution in [3.63, 3.8) is 0 Å². The van der Waals surface area contributed by atoms with Gasteiger partial charge in [-0.2, -0.15) is 5.26 Å². The Hall–Kier alpha value is -1.50. The quantitative estimate of drug-likeness (QED) is 0.828. The Morgan fingerprint density at radius 1 is 1.27 bits per heavy atom. The first-order valence-corrected chi connectivity index (χ1v) is 4.87. The first-order valence-electron chi connectivity index (χ1n) is 4.11. The van der Waals surface area contributed by atoms with Crippen LogP contribution in [-0.4, -0.2) is 9.97 Å². The van der Waals surface area contributed by atoms with Crippen LogP contribution in [0.15, 0.2) is 24.5 Å². The summed E-state index contributed by atoms with van der Waals surface area (Å²) in [5.74, 6) is 0. The molecule has 74 valence electrons. The van der Waals surface area contributed by atoms with Crippen molar-refractivity contribution in [1.82, 2.24) is 9.97 Å². The van der Waals surface area contributed by atoms with Gasteiger partial charge in [0.25, 0.3) is 0 Å². The number of nitrogens with one attached hydrogen (secondary N) is 1. The molecule has 3 nitrogen and oxygen atoms in total. The minimum Gasteiger partial charge on any atom is -0.343 e. The zero-order chi connectivity index (χ0) is 10.8. The summed E-state index contributed by atoms with van der Waals surface area (Å²) in [7, 11) is 0. The third-order valence-corrected chi connectivity index (χ3v) is 2.69. The lowest BCUT2D eigenvalue weighted by Gasteiger charge is -2.00. The molecule has 0 aliphatic carbocycles. The van der Waals surface area contributed by atoms with Gasteiger partial charge in [0.05, 0.1) is 22.1 Å². The number of nitriles is 1. The lowest BCUT2D eigenvalue weighted by molar-refractivity contribution is 1.29. The predicted molar refractivity (Wildman–Crippen MR) is 58.8 cm³/mol. The number of H-pyrrole nitrogens is 1. The fraction of sp³-hybridized carbons (Fsp3) is 0. The second kappa shape index (κ2) is 3.93. The van der Waals surface area contributed by atoms with Crippen LogP contribution in [0, 0.1) is 11.3 Å². The molecule has 0 aliphatic heterocycles. The Kier molecular flexibility index (Phi) is 2.63. The Labute approximate surface area is 96.3 Å². The van der Waals surface area contributed by atoms with Crippen LogP contribution in [0.1, 0.15) is 5.69 Å². The van der Waals surface area contributed by atoms with Gasteiger partial charge in [-0.25, -0.2) is 4.98 Å². The maximum atomic E-state index is 8.80. The van der Waals surface area contributed by atoms with Crippen molar-refractivity contribution in [2.75, 3.05) is 0 Å². The van der Waals surface area contributed by atoms with Gasteiger partial charge >= 0.3 is 0 Å². The zero-order valence-electron chi connectivity index (χ0n) is 7.46. The highest BCUT2D eigenvalue weighted by Crippen LogP contribution is 2.28. The average Bonchev–Trinajstić information content (AvgIpc) is 2.70. The van der Waals surface area contributed by atoms with E-state index in [0.717, 1.165) is 5.56 Å². The van der Waals surface area contributed by atoms with Gasteiger partial charge in [-0.05, 0) is 12.1 Å². The molecule has 2 rings (SSSR count).